The Morgan fingerprint density at radius 3 is 2.48 bits per heavy atom. The second-order valence-corrected chi connectivity index (χ2v) is 8.15. The van der Waals surface area contributed by atoms with Gasteiger partial charge in [-0.25, -0.2) is 0 Å². The van der Waals surface area contributed by atoms with Gasteiger partial charge in [-0.05, 0) is 64.5 Å². The monoisotopic (exact) mass is 551 g/mol. The summed E-state index contributed by atoms with van der Waals surface area (Å²) in [5.41, 5.74) is 1.38. The van der Waals surface area contributed by atoms with Crippen molar-refractivity contribution in [2.75, 3.05) is 46.8 Å². The minimum Gasteiger partial charge on any atom is -0.357 e. The molecule has 0 atom stereocenters. The molecule has 1 fully saturated rings. The van der Waals surface area contributed by atoms with E-state index in [0.717, 1.165) is 56.1 Å². The minimum absolute atomic E-state index is 0. The molecular formula is C20H35BrIN5. The molecule has 1 aromatic rings. The average Bonchev–Trinajstić information content (AvgIpc) is 2.62. The Kier molecular flexibility index (Phi) is 12.5. The number of piperidine rings is 1. The van der Waals surface area contributed by atoms with Crippen LogP contribution in [0.25, 0.3) is 0 Å². The summed E-state index contributed by atoms with van der Waals surface area (Å²) in [6.07, 6.45) is 3.42. The average molecular weight is 552 g/mol. The molecule has 1 aliphatic heterocycles. The van der Waals surface area contributed by atoms with Crippen LogP contribution in [-0.2, 0) is 6.54 Å². The van der Waals surface area contributed by atoms with Gasteiger partial charge in [0.2, 0.25) is 0 Å². The van der Waals surface area contributed by atoms with Crippen LogP contribution < -0.4 is 10.6 Å². The van der Waals surface area contributed by atoms with Gasteiger partial charge in [0, 0.05) is 43.2 Å². The molecule has 1 heterocycles. The van der Waals surface area contributed by atoms with Crippen molar-refractivity contribution in [1.29, 1.82) is 0 Å². The molecule has 0 spiro atoms. The Morgan fingerprint density at radius 1 is 1.22 bits per heavy atom. The molecule has 0 aromatic heterocycles. The third kappa shape index (κ3) is 10.1. The molecular weight excluding hydrogens is 517 g/mol. The summed E-state index contributed by atoms with van der Waals surface area (Å²) < 4.78 is 1.14. The van der Waals surface area contributed by atoms with E-state index in [1.165, 1.54) is 18.4 Å². The number of likely N-dealkylation sites (tertiary alicyclic amines) is 1. The molecule has 5 nitrogen and oxygen atoms in total. The molecule has 154 valence electrons. The van der Waals surface area contributed by atoms with Crippen molar-refractivity contribution >= 4 is 45.9 Å². The highest BCUT2D eigenvalue weighted by Gasteiger charge is 2.20. The predicted molar refractivity (Wildman–Crippen MR) is 130 cm³/mol. The smallest absolute Gasteiger partial charge is 0.191 e. The third-order valence-corrected chi connectivity index (χ3v) is 5.15. The first-order valence-corrected chi connectivity index (χ1v) is 10.5. The molecule has 0 radical (unpaired) electrons. The summed E-state index contributed by atoms with van der Waals surface area (Å²) in [6, 6.07) is 9.18. The van der Waals surface area contributed by atoms with Crippen LogP contribution in [0.15, 0.2) is 33.7 Å². The SMILES string of the molecule is CCNC(=NCCCN(C)C)NC1CCN(Cc2ccc(Br)cc2)CC1.I. The van der Waals surface area contributed by atoms with Crippen LogP contribution in [0.5, 0.6) is 0 Å². The van der Waals surface area contributed by atoms with Crippen LogP contribution >= 0.6 is 39.9 Å². The van der Waals surface area contributed by atoms with Gasteiger partial charge in [-0.2, -0.15) is 0 Å². The van der Waals surface area contributed by atoms with Crippen molar-refractivity contribution in [2.45, 2.75) is 38.8 Å². The van der Waals surface area contributed by atoms with E-state index in [2.05, 4.69) is 81.6 Å². The van der Waals surface area contributed by atoms with E-state index in [1.54, 1.807) is 0 Å². The molecule has 0 amide bonds. The van der Waals surface area contributed by atoms with E-state index in [4.69, 9.17) is 4.99 Å². The standard InChI is InChI=1S/C20H34BrN5.HI/c1-4-22-20(23-12-5-13-25(2)3)24-19-10-14-26(15-11-19)16-17-6-8-18(21)9-7-17;/h6-9,19H,4-5,10-16H2,1-3H3,(H2,22,23,24);1H. The van der Waals surface area contributed by atoms with Crippen LogP contribution in [0.1, 0.15) is 31.7 Å². The first-order chi connectivity index (χ1) is 12.6. The Morgan fingerprint density at radius 2 is 1.89 bits per heavy atom. The van der Waals surface area contributed by atoms with E-state index in [1.807, 2.05) is 0 Å². The fourth-order valence-electron chi connectivity index (χ4n) is 3.17. The van der Waals surface area contributed by atoms with Crippen LogP contribution in [0, 0.1) is 0 Å². The normalized spacial score (nSPS) is 16.3. The summed E-state index contributed by atoms with van der Waals surface area (Å²) in [5.74, 6) is 0.970. The maximum atomic E-state index is 4.72. The number of halogens is 2. The van der Waals surface area contributed by atoms with Gasteiger partial charge in [-0.15, -0.1) is 24.0 Å². The molecule has 7 heteroatoms. The lowest BCUT2D eigenvalue weighted by molar-refractivity contribution is 0.198. The number of hydrogen-bond acceptors (Lipinski definition) is 3. The van der Waals surface area contributed by atoms with E-state index < -0.39 is 0 Å². The van der Waals surface area contributed by atoms with E-state index >= 15 is 0 Å². The Labute approximate surface area is 190 Å². The van der Waals surface area contributed by atoms with Crippen molar-refractivity contribution < 1.29 is 0 Å². The molecule has 0 saturated carbocycles. The summed E-state index contributed by atoms with van der Waals surface area (Å²) in [4.78, 5) is 9.47. The molecule has 0 unspecified atom stereocenters. The highest BCUT2D eigenvalue weighted by molar-refractivity contribution is 14.0. The number of guanidine groups is 1. The van der Waals surface area contributed by atoms with Crippen LogP contribution in [0.4, 0.5) is 0 Å². The topological polar surface area (TPSA) is 42.9 Å². The van der Waals surface area contributed by atoms with Gasteiger partial charge in [-0.3, -0.25) is 9.89 Å². The summed E-state index contributed by atoms with van der Waals surface area (Å²) in [7, 11) is 4.21. The first-order valence-electron chi connectivity index (χ1n) is 9.73. The Balaban J connectivity index is 0.00000364. The molecule has 27 heavy (non-hydrogen) atoms. The lowest BCUT2D eigenvalue weighted by atomic mass is 10.0. The minimum atomic E-state index is 0. The molecule has 0 aliphatic carbocycles. The number of aliphatic imine (C=N–C) groups is 1. The van der Waals surface area contributed by atoms with Crippen LogP contribution in [-0.4, -0.2) is 68.6 Å². The molecule has 2 N–H and O–H groups in total. The highest BCUT2D eigenvalue weighted by atomic mass is 127. The zero-order chi connectivity index (χ0) is 18.8. The lowest BCUT2D eigenvalue weighted by Gasteiger charge is -2.33. The van der Waals surface area contributed by atoms with Crippen molar-refractivity contribution in [1.82, 2.24) is 20.4 Å². The Hall–Kier alpha value is -0.380. The number of nitrogens with one attached hydrogen (secondary N) is 2. The van der Waals surface area contributed by atoms with E-state index in [9.17, 15) is 0 Å². The zero-order valence-electron chi connectivity index (χ0n) is 16.9. The maximum Gasteiger partial charge on any atom is 0.191 e. The second-order valence-electron chi connectivity index (χ2n) is 7.24. The van der Waals surface area contributed by atoms with Crippen LogP contribution in [0.3, 0.4) is 0 Å². The molecule has 1 saturated heterocycles. The van der Waals surface area contributed by atoms with Gasteiger partial charge in [-0.1, -0.05) is 28.1 Å². The number of hydrogen-bond donors (Lipinski definition) is 2. The summed E-state index contributed by atoms with van der Waals surface area (Å²) >= 11 is 3.50. The van der Waals surface area contributed by atoms with Gasteiger partial charge >= 0.3 is 0 Å². The lowest BCUT2D eigenvalue weighted by Crippen LogP contribution is -2.48. The molecule has 1 aliphatic rings. The van der Waals surface area contributed by atoms with Gasteiger partial charge in [0.15, 0.2) is 5.96 Å². The summed E-state index contributed by atoms with van der Waals surface area (Å²) in [5, 5.41) is 7.01. The number of benzene rings is 1. The highest BCUT2D eigenvalue weighted by Crippen LogP contribution is 2.16. The maximum absolute atomic E-state index is 4.72. The van der Waals surface area contributed by atoms with Gasteiger partial charge in [0.05, 0.1) is 0 Å². The fraction of sp³-hybridized carbons (Fsp3) is 0.650. The van der Waals surface area contributed by atoms with Crippen LogP contribution in [0.2, 0.25) is 0 Å². The van der Waals surface area contributed by atoms with E-state index in [0.29, 0.717) is 6.04 Å². The van der Waals surface area contributed by atoms with Gasteiger partial charge < -0.3 is 15.5 Å². The van der Waals surface area contributed by atoms with Crippen molar-refractivity contribution in [3.63, 3.8) is 0 Å². The first kappa shape index (κ1) is 24.7. The predicted octanol–water partition coefficient (Wildman–Crippen LogP) is 3.54. The third-order valence-electron chi connectivity index (χ3n) is 4.63. The molecule has 0 bridgehead atoms. The number of rotatable bonds is 8. The summed E-state index contributed by atoms with van der Waals surface area (Å²) in [6.45, 7) is 8.28. The van der Waals surface area contributed by atoms with Crippen molar-refractivity contribution in [3.8, 4) is 0 Å². The van der Waals surface area contributed by atoms with Crippen molar-refractivity contribution in [2.24, 2.45) is 4.99 Å². The van der Waals surface area contributed by atoms with Crippen molar-refractivity contribution in [3.05, 3.63) is 34.3 Å². The molecule has 1 aromatic carbocycles. The Bertz CT molecular complexity index is 542. The van der Waals surface area contributed by atoms with Gasteiger partial charge in [0.1, 0.15) is 0 Å². The van der Waals surface area contributed by atoms with Gasteiger partial charge in [0.25, 0.3) is 0 Å². The second kappa shape index (κ2) is 13.7. The molecule has 2 rings (SSSR count). The largest absolute Gasteiger partial charge is 0.357 e. The van der Waals surface area contributed by atoms with E-state index in [-0.39, 0.29) is 24.0 Å². The fourth-order valence-corrected chi connectivity index (χ4v) is 3.44. The zero-order valence-corrected chi connectivity index (χ0v) is 20.8. The quantitative estimate of drug-likeness (QED) is 0.224. The number of nitrogens with zero attached hydrogens (tertiary/aromatic N) is 3.